The minimum Gasteiger partial charge on any atom is -0.438 e. The molecule has 0 aliphatic carbocycles. The molecule has 2 aromatic heterocycles. The Labute approximate surface area is 121 Å². The Hall–Kier alpha value is -3.07. The molecule has 0 fully saturated rings. The zero-order valence-corrected chi connectivity index (χ0v) is 11.6. The Morgan fingerprint density at radius 2 is 1.95 bits per heavy atom. The van der Waals surface area contributed by atoms with Crippen LogP contribution < -0.4 is 10.5 Å². The Morgan fingerprint density at radius 3 is 2.62 bits per heavy atom. The number of nitrogens with two attached hydrogens (primary N) is 1. The predicted octanol–water partition coefficient (Wildman–Crippen LogP) is 2.82. The van der Waals surface area contributed by atoms with Crippen molar-refractivity contribution in [2.45, 2.75) is 13.8 Å². The van der Waals surface area contributed by atoms with Gasteiger partial charge in [0.25, 0.3) is 0 Å². The number of fused-ring (bicyclic) bond motifs is 1. The summed E-state index contributed by atoms with van der Waals surface area (Å²) in [5, 5.41) is 9.74. The second-order valence-electron chi connectivity index (χ2n) is 4.78. The summed E-state index contributed by atoms with van der Waals surface area (Å²) in [4.78, 5) is 11.2. The number of nitrogen functional groups attached to an aromatic ring is 1. The van der Waals surface area contributed by atoms with E-state index in [0.717, 1.165) is 16.5 Å². The van der Waals surface area contributed by atoms with E-state index in [1.165, 1.54) is 0 Å². The molecule has 0 aliphatic heterocycles. The number of H-pyrrole nitrogens is 1. The lowest BCUT2D eigenvalue weighted by Crippen LogP contribution is -2.00. The lowest BCUT2D eigenvalue weighted by molar-refractivity contribution is 0.462. The summed E-state index contributed by atoms with van der Waals surface area (Å²) in [6.45, 7) is 3.78. The molecule has 0 spiro atoms. The molecular formula is C15H13N5O. The number of aryl methyl sites for hydroxylation is 2. The molecule has 0 bridgehead atoms. The number of ether oxygens (including phenoxy) is 1. The molecule has 21 heavy (non-hydrogen) atoms. The van der Waals surface area contributed by atoms with Gasteiger partial charge in [0.05, 0.1) is 17.0 Å². The molecule has 0 saturated heterocycles. The van der Waals surface area contributed by atoms with E-state index < -0.39 is 0 Å². The van der Waals surface area contributed by atoms with Gasteiger partial charge in [0.1, 0.15) is 11.4 Å². The van der Waals surface area contributed by atoms with Gasteiger partial charge in [-0.05, 0) is 43.2 Å². The zero-order valence-electron chi connectivity index (χ0n) is 11.6. The molecule has 0 radical (unpaired) electrons. The number of nitrogens with one attached hydrogen (secondary N) is 1. The smallest absolute Gasteiger partial charge is 0.233 e. The summed E-state index contributed by atoms with van der Waals surface area (Å²) in [5.41, 5.74) is 8.66. The highest BCUT2D eigenvalue weighted by Crippen LogP contribution is 2.32. The molecule has 2 heterocycles. The molecule has 104 valence electrons. The Balaban J connectivity index is 2.11. The van der Waals surface area contributed by atoms with Gasteiger partial charge in [0.15, 0.2) is 0 Å². The first kappa shape index (κ1) is 12.9. The van der Waals surface area contributed by atoms with E-state index in [2.05, 4.69) is 21.0 Å². The highest BCUT2D eigenvalue weighted by Gasteiger charge is 2.13. The van der Waals surface area contributed by atoms with Gasteiger partial charge < -0.3 is 15.5 Å². The lowest BCUT2D eigenvalue weighted by Gasteiger charge is -2.12. The maximum absolute atomic E-state index is 8.98. The van der Waals surface area contributed by atoms with Gasteiger partial charge in [-0.25, -0.2) is 0 Å². The van der Waals surface area contributed by atoms with Crippen LogP contribution in [0.1, 0.15) is 16.7 Å². The molecule has 0 aliphatic rings. The van der Waals surface area contributed by atoms with Crippen molar-refractivity contribution in [3.63, 3.8) is 0 Å². The molecule has 6 nitrogen and oxygen atoms in total. The summed E-state index contributed by atoms with van der Waals surface area (Å²) < 4.78 is 5.93. The van der Waals surface area contributed by atoms with Crippen LogP contribution in [-0.2, 0) is 0 Å². The molecule has 3 aromatic rings. The van der Waals surface area contributed by atoms with Gasteiger partial charge in [-0.15, -0.1) is 0 Å². The molecule has 1 aromatic carbocycles. The topological polar surface area (TPSA) is 101 Å². The number of nitriles is 1. The van der Waals surface area contributed by atoms with Crippen molar-refractivity contribution in [3.05, 3.63) is 41.1 Å². The predicted molar refractivity (Wildman–Crippen MR) is 79.0 cm³/mol. The van der Waals surface area contributed by atoms with E-state index in [4.69, 9.17) is 15.7 Å². The van der Waals surface area contributed by atoms with Crippen LogP contribution in [0.3, 0.4) is 0 Å². The maximum Gasteiger partial charge on any atom is 0.233 e. The number of anilines is 1. The van der Waals surface area contributed by atoms with Gasteiger partial charge >= 0.3 is 0 Å². The normalized spacial score (nSPS) is 10.5. The number of hydrogen-bond acceptors (Lipinski definition) is 5. The highest BCUT2D eigenvalue weighted by molar-refractivity contribution is 5.82. The average Bonchev–Trinajstić information content (AvgIpc) is 2.90. The summed E-state index contributed by atoms with van der Waals surface area (Å²) in [6.07, 6.45) is 1.75. The maximum atomic E-state index is 8.98. The number of nitrogens with zero attached hydrogens (tertiary/aromatic N) is 3. The van der Waals surface area contributed by atoms with E-state index in [1.54, 1.807) is 18.3 Å². The standard InChI is InChI=1S/C15H13N5O/c1-8-5-10(7-16)6-9(2)12(8)21-14-11-3-4-18-13(11)19-15(17)20-14/h3-6H,1-2H3,(H3,17,18,19,20). The first-order valence-electron chi connectivity index (χ1n) is 6.38. The number of benzene rings is 1. The van der Waals surface area contributed by atoms with Crippen LogP contribution in [0.2, 0.25) is 0 Å². The Bertz CT molecular complexity index is 852. The molecule has 3 rings (SSSR count). The van der Waals surface area contributed by atoms with Gasteiger partial charge in [-0.3, -0.25) is 0 Å². The average molecular weight is 279 g/mol. The second-order valence-corrected chi connectivity index (χ2v) is 4.78. The minimum absolute atomic E-state index is 0.143. The second kappa shape index (κ2) is 4.80. The van der Waals surface area contributed by atoms with Crippen molar-refractivity contribution in [3.8, 4) is 17.7 Å². The molecular weight excluding hydrogens is 266 g/mol. The Morgan fingerprint density at radius 1 is 1.24 bits per heavy atom. The first-order chi connectivity index (χ1) is 10.1. The third kappa shape index (κ3) is 2.25. The van der Waals surface area contributed by atoms with Crippen LogP contribution >= 0.6 is 0 Å². The van der Waals surface area contributed by atoms with Gasteiger partial charge in [-0.2, -0.15) is 15.2 Å². The van der Waals surface area contributed by atoms with E-state index in [0.29, 0.717) is 22.8 Å². The van der Waals surface area contributed by atoms with E-state index >= 15 is 0 Å². The van der Waals surface area contributed by atoms with E-state index in [9.17, 15) is 0 Å². The SMILES string of the molecule is Cc1cc(C#N)cc(C)c1Oc1nc(N)nc2[nH]ccc12. The highest BCUT2D eigenvalue weighted by atomic mass is 16.5. The van der Waals surface area contributed by atoms with E-state index in [-0.39, 0.29) is 5.95 Å². The summed E-state index contributed by atoms with van der Waals surface area (Å²) >= 11 is 0. The minimum atomic E-state index is 0.143. The van der Waals surface area contributed by atoms with Crippen molar-refractivity contribution in [2.24, 2.45) is 0 Å². The molecule has 6 heteroatoms. The molecule has 0 atom stereocenters. The lowest BCUT2D eigenvalue weighted by atomic mass is 10.1. The third-order valence-electron chi connectivity index (χ3n) is 3.19. The van der Waals surface area contributed by atoms with Gasteiger partial charge in [0, 0.05) is 6.20 Å². The van der Waals surface area contributed by atoms with Crippen LogP contribution in [0.15, 0.2) is 24.4 Å². The largest absolute Gasteiger partial charge is 0.438 e. The molecule has 0 saturated carbocycles. The summed E-state index contributed by atoms with van der Waals surface area (Å²) in [5.74, 6) is 1.22. The first-order valence-corrected chi connectivity index (χ1v) is 6.38. The van der Waals surface area contributed by atoms with Crippen LogP contribution in [0.25, 0.3) is 11.0 Å². The van der Waals surface area contributed by atoms with Crippen molar-refractivity contribution in [2.75, 3.05) is 5.73 Å². The van der Waals surface area contributed by atoms with Crippen molar-refractivity contribution in [1.29, 1.82) is 5.26 Å². The van der Waals surface area contributed by atoms with E-state index in [1.807, 2.05) is 19.9 Å². The third-order valence-corrected chi connectivity index (χ3v) is 3.19. The van der Waals surface area contributed by atoms with Crippen LogP contribution in [0, 0.1) is 25.2 Å². The van der Waals surface area contributed by atoms with Crippen molar-refractivity contribution in [1.82, 2.24) is 15.0 Å². The summed E-state index contributed by atoms with van der Waals surface area (Å²) in [6, 6.07) is 7.52. The number of aromatic nitrogens is 3. The monoisotopic (exact) mass is 279 g/mol. The van der Waals surface area contributed by atoms with Crippen LogP contribution in [-0.4, -0.2) is 15.0 Å². The zero-order chi connectivity index (χ0) is 15.0. The quantitative estimate of drug-likeness (QED) is 0.751. The van der Waals surface area contributed by atoms with Gasteiger partial charge in [0.2, 0.25) is 11.8 Å². The Kier molecular flexibility index (Phi) is 2.95. The van der Waals surface area contributed by atoms with Crippen LogP contribution in [0.5, 0.6) is 11.6 Å². The number of rotatable bonds is 2. The molecule has 3 N–H and O–H groups in total. The van der Waals surface area contributed by atoms with Gasteiger partial charge in [-0.1, -0.05) is 0 Å². The summed E-state index contributed by atoms with van der Waals surface area (Å²) in [7, 11) is 0. The number of hydrogen-bond donors (Lipinski definition) is 2. The molecule has 0 amide bonds. The van der Waals surface area contributed by atoms with Crippen molar-refractivity contribution < 1.29 is 4.74 Å². The van der Waals surface area contributed by atoms with Crippen LogP contribution in [0.4, 0.5) is 5.95 Å². The fourth-order valence-corrected chi connectivity index (χ4v) is 2.28. The number of aromatic amines is 1. The molecule has 0 unspecified atom stereocenters. The fourth-order valence-electron chi connectivity index (χ4n) is 2.28. The van der Waals surface area contributed by atoms with Crippen molar-refractivity contribution >= 4 is 17.0 Å². The fraction of sp³-hybridized carbons (Fsp3) is 0.133.